The Balaban J connectivity index is 1.23. The maximum atomic E-state index is 5.43. The van der Waals surface area contributed by atoms with Crippen LogP contribution in [0.25, 0.3) is 0 Å². The first kappa shape index (κ1) is 16.0. The maximum absolute atomic E-state index is 5.43. The number of anilines is 2. The van der Waals surface area contributed by atoms with E-state index in [1.807, 2.05) is 0 Å². The number of hydrogen-bond donors (Lipinski definition) is 0. The molecule has 0 aromatic carbocycles. The monoisotopic (exact) mass is 355 g/mol. The van der Waals surface area contributed by atoms with Crippen molar-refractivity contribution in [2.24, 2.45) is 0 Å². The number of hydrogen-bond acceptors (Lipinski definition) is 7. The van der Waals surface area contributed by atoms with Crippen molar-refractivity contribution in [3.05, 3.63) is 24.3 Å². The quantitative estimate of drug-likeness (QED) is 0.825. The van der Waals surface area contributed by atoms with Gasteiger partial charge in [0.2, 0.25) is 0 Å². The second-order valence-electron chi connectivity index (χ2n) is 7.45. The number of morpholine rings is 1. The van der Waals surface area contributed by atoms with Crippen molar-refractivity contribution in [1.82, 2.24) is 25.0 Å². The van der Waals surface area contributed by atoms with Crippen LogP contribution in [-0.4, -0.2) is 64.4 Å². The van der Waals surface area contributed by atoms with Gasteiger partial charge in [-0.3, -0.25) is 0 Å². The third-order valence-corrected chi connectivity index (χ3v) is 5.66. The summed E-state index contributed by atoms with van der Waals surface area (Å²) in [6.07, 6.45) is 8.55. The summed E-state index contributed by atoms with van der Waals surface area (Å²) in [6.45, 7) is 5.31. The number of rotatable bonds is 4. The summed E-state index contributed by atoms with van der Waals surface area (Å²) >= 11 is 0. The summed E-state index contributed by atoms with van der Waals surface area (Å²) in [7, 11) is 0. The Morgan fingerprint density at radius 2 is 1.58 bits per heavy atom. The molecule has 8 nitrogen and oxygen atoms in total. The summed E-state index contributed by atoms with van der Waals surface area (Å²) in [5.41, 5.74) is 1.18. The van der Waals surface area contributed by atoms with Gasteiger partial charge in [0.05, 0.1) is 24.9 Å². The van der Waals surface area contributed by atoms with Crippen molar-refractivity contribution in [3.8, 4) is 0 Å². The van der Waals surface area contributed by atoms with Gasteiger partial charge in [-0.1, -0.05) is 5.21 Å². The van der Waals surface area contributed by atoms with E-state index in [-0.39, 0.29) is 0 Å². The summed E-state index contributed by atoms with van der Waals surface area (Å²) in [4.78, 5) is 13.6. The van der Waals surface area contributed by atoms with E-state index in [2.05, 4.69) is 47.0 Å². The SMILES string of the molecule is c1nc(N2CCOCC2)cc(N2CCC(n3cc(C4CC4)nn3)CC2)n1. The van der Waals surface area contributed by atoms with Crippen molar-refractivity contribution in [2.75, 3.05) is 49.2 Å². The molecule has 26 heavy (non-hydrogen) atoms. The molecule has 138 valence electrons. The number of ether oxygens (including phenoxy) is 1. The van der Waals surface area contributed by atoms with E-state index in [0.29, 0.717) is 12.0 Å². The second-order valence-corrected chi connectivity index (χ2v) is 7.45. The van der Waals surface area contributed by atoms with Crippen LogP contribution in [-0.2, 0) is 4.74 Å². The highest BCUT2D eigenvalue weighted by Gasteiger charge is 2.28. The Bertz CT molecular complexity index is 746. The molecule has 1 aliphatic carbocycles. The van der Waals surface area contributed by atoms with Gasteiger partial charge in [0.1, 0.15) is 18.0 Å². The van der Waals surface area contributed by atoms with E-state index in [1.165, 1.54) is 18.5 Å². The minimum absolute atomic E-state index is 0.451. The first-order valence-corrected chi connectivity index (χ1v) is 9.68. The molecule has 0 bridgehead atoms. The van der Waals surface area contributed by atoms with Gasteiger partial charge in [-0.05, 0) is 25.7 Å². The number of nitrogens with zero attached hydrogens (tertiary/aromatic N) is 7. The molecule has 4 heterocycles. The normalized spacial score (nSPS) is 22.0. The molecule has 2 aliphatic heterocycles. The lowest BCUT2D eigenvalue weighted by Gasteiger charge is -2.33. The van der Waals surface area contributed by atoms with E-state index >= 15 is 0 Å². The predicted octanol–water partition coefficient (Wildman–Crippen LogP) is 1.62. The van der Waals surface area contributed by atoms with Gasteiger partial charge >= 0.3 is 0 Å². The van der Waals surface area contributed by atoms with Crippen LogP contribution in [0.2, 0.25) is 0 Å². The van der Waals surface area contributed by atoms with Crippen LogP contribution in [0.15, 0.2) is 18.6 Å². The Kier molecular flexibility index (Phi) is 4.20. The largest absolute Gasteiger partial charge is 0.378 e. The molecular formula is C18H25N7O. The average molecular weight is 355 g/mol. The molecule has 1 saturated carbocycles. The van der Waals surface area contributed by atoms with Gasteiger partial charge < -0.3 is 14.5 Å². The molecule has 3 fully saturated rings. The Morgan fingerprint density at radius 1 is 0.885 bits per heavy atom. The Labute approximate surface area is 153 Å². The third kappa shape index (κ3) is 3.25. The first-order valence-electron chi connectivity index (χ1n) is 9.68. The van der Waals surface area contributed by atoms with Gasteiger partial charge in [-0.15, -0.1) is 5.10 Å². The lowest BCUT2D eigenvalue weighted by Crippen LogP contribution is -2.38. The number of aromatic nitrogens is 5. The zero-order chi connectivity index (χ0) is 17.3. The van der Waals surface area contributed by atoms with E-state index in [0.717, 1.165) is 63.9 Å². The third-order valence-electron chi connectivity index (χ3n) is 5.66. The first-order chi connectivity index (χ1) is 12.9. The maximum Gasteiger partial charge on any atom is 0.134 e. The Hall–Kier alpha value is -2.22. The fourth-order valence-electron chi connectivity index (χ4n) is 3.87. The number of piperidine rings is 1. The van der Waals surface area contributed by atoms with Crippen molar-refractivity contribution in [1.29, 1.82) is 0 Å². The molecule has 0 unspecified atom stereocenters. The highest BCUT2D eigenvalue weighted by molar-refractivity contribution is 5.50. The predicted molar refractivity (Wildman–Crippen MR) is 97.5 cm³/mol. The van der Waals surface area contributed by atoms with Crippen LogP contribution in [0.5, 0.6) is 0 Å². The highest BCUT2D eigenvalue weighted by Crippen LogP contribution is 2.39. The van der Waals surface area contributed by atoms with Crippen molar-refractivity contribution >= 4 is 11.6 Å². The Morgan fingerprint density at radius 3 is 2.27 bits per heavy atom. The molecule has 2 aromatic heterocycles. The summed E-state index contributed by atoms with van der Waals surface area (Å²) < 4.78 is 7.52. The zero-order valence-electron chi connectivity index (χ0n) is 15.0. The van der Waals surface area contributed by atoms with Gasteiger partial charge in [0.25, 0.3) is 0 Å². The molecule has 3 aliphatic rings. The lowest BCUT2D eigenvalue weighted by atomic mass is 10.1. The van der Waals surface area contributed by atoms with Gasteiger partial charge in [0.15, 0.2) is 0 Å². The highest BCUT2D eigenvalue weighted by atomic mass is 16.5. The van der Waals surface area contributed by atoms with Crippen molar-refractivity contribution in [2.45, 2.75) is 37.6 Å². The van der Waals surface area contributed by atoms with E-state index in [1.54, 1.807) is 6.33 Å². The van der Waals surface area contributed by atoms with Crippen molar-refractivity contribution in [3.63, 3.8) is 0 Å². The summed E-state index contributed by atoms with van der Waals surface area (Å²) in [6, 6.07) is 2.57. The standard InChI is InChI=1S/C18H25N7O/c1-2-14(1)16-12-25(22-21-16)15-3-5-23(6-4-15)17-11-18(20-13-19-17)24-7-9-26-10-8-24/h11-15H,1-10H2. The van der Waals surface area contributed by atoms with Crippen LogP contribution < -0.4 is 9.80 Å². The van der Waals surface area contributed by atoms with Crippen LogP contribution in [0.4, 0.5) is 11.6 Å². The molecule has 0 spiro atoms. The molecule has 0 radical (unpaired) electrons. The second kappa shape index (κ2) is 6.83. The molecule has 0 N–H and O–H groups in total. The summed E-state index contributed by atoms with van der Waals surface area (Å²) in [5, 5.41) is 8.74. The molecule has 0 atom stereocenters. The van der Waals surface area contributed by atoms with E-state index < -0.39 is 0 Å². The van der Waals surface area contributed by atoms with Crippen LogP contribution in [0.3, 0.4) is 0 Å². The van der Waals surface area contributed by atoms with Gasteiger partial charge in [-0.2, -0.15) is 0 Å². The molecule has 8 heteroatoms. The van der Waals surface area contributed by atoms with E-state index in [4.69, 9.17) is 4.74 Å². The van der Waals surface area contributed by atoms with E-state index in [9.17, 15) is 0 Å². The van der Waals surface area contributed by atoms with Crippen LogP contribution in [0.1, 0.15) is 43.3 Å². The van der Waals surface area contributed by atoms with Crippen molar-refractivity contribution < 1.29 is 4.74 Å². The fraction of sp³-hybridized carbons (Fsp3) is 0.667. The smallest absolute Gasteiger partial charge is 0.134 e. The molecular weight excluding hydrogens is 330 g/mol. The van der Waals surface area contributed by atoms with Gasteiger partial charge in [0, 0.05) is 44.4 Å². The zero-order valence-corrected chi connectivity index (χ0v) is 15.0. The summed E-state index contributed by atoms with van der Waals surface area (Å²) in [5.74, 6) is 2.70. The molecule has 2 aromatic rings. The van der Waals surface area contributed by atoms with Crippen LogP contribution in [0, 0.1) is 0 Å². The molecule has 0 amide bonds. The average Bonchev–Trinajstić information content (AvgIpc) is 3.46. The molecule has 5 rings (SSSR count). The topological polar surface area (TPSA) is 72.2 Å². The minimum atomic E-state index is 0.451. The van der Waals surface area contributed by atoms with Gasteiger partial charge in [-0.25, -0.2) is 14.6 Å². The molecule has 2 saturated heterocycles. The van der Waals surface area contributed by atoms with Crippen LogP contribution >= 0.6 is 0 Å². The minimum Gasteiger partial charge on any atom is -0.378 e. The lowest BCUT2D eigenvalue weighted by molar-refractivity contribution is 0.122. The fourth-order valence-corrected chi connectivity index (χ4v) is 3.87.